The summed E-state index contributed by atoms with van der Waals surface area (Å²) < 4.78 is 0. The van der Waals surface area contributed by atoms with Gasteiger partial charge in [-0.15, -0.1) is 0 Å². The molecule has 1 fully saturated rings. The van der Waals surface area contributed by atoms with E-state index in [9.17, 15) is 4.79 Å². The lowest BCUT2D eigenvalue weighted by atomic mass is 10.1. The average Bonchev–Trinajstić information content (AvgIpc) is 2.66. The van der Waals surface area contributed by atoms with Crippen LogP contribution in [-0.2, 0) is 11.3 Å². The molecule has 0 bridgehead atoms. The van der Waals surface area contributed by atoms with Gasteiger partial charge in [-0.3, -0.25) is 9.69 Å². The van der Waals surface area contributed by atoms with Gasteiger partial charge in [0.1, 0.15) is 0 Å². The van der Waals surface area contributed by atoms with Crippen LogP contribution in [0.2, 0.25) is 0 Å². The molecule has 0 aromatic heterocycles. The fourth-order valence-corrected chi connectivity index (χ4v) is 3.06. The smallest absolute Gasteiger partial charge is 0.231 e. The van der Waals surface area contributed by atoms with Gasteiger partial charge in [-0.05, 0) is 30.5 Å². The highest BCUT2D eigenvalue weighted by atomic mass is 16.1. The number of primary amides is 1. The minimum Gasteiger partial charge on any atom is -0.399 e. The van der Waals surface area contributed by atoms with Gasteiger partial charge in [0.25, 0.3) is 0 Å². The molecule has 1 aliphatic carbocycles. The monoisotopic (exact) mass is 275 g/mol. The number of benzene rings is 1. The van der Waals surface area contributed by atoms with Crippen LogP contribution in [0.25, 0.3) is 0 Å². The van der Waals surface area contributed by atoms with E-state index in [2.05, 4.69) is 11.0 Å². The average molecular weight is 275 g/mol. The summed E-state index contributed by atoms with van der Waals surface area (Å²) in [6.45, 7) is 1.08. The molecule has 0 spiro atoms. The first-order valence-corrected chi connectivity index (χ1v) is 7.52. The normalized spacial score (nSPS) is 17.1. The largest absolute Gasteiger partial charge is 0.399 e. The topological polar surface area (TPSA) is 72.4 Å². The van der Waals surface area contributed by atoms with E-state index in [0.29, 0.717) is 12.6 Å². The van der Waals surface area contributed by atoms with Crippen LogP contribution in [0.4, 0.5) is 5.69 Å². The van der Waals surface area contributed by atoms with Crippen LogP contribution in [0.15, 0.2) is 24.3 Å². The minimum absolute atomic E-state index is 0.252. The first kappa shape index (κ1) is 14.9. The van der Waals surface area contributed by atoms with Gasteiger partial charge in [0, 0.05) is 18.3 Å². The summed E-state index contributed by atoms with van der Waals surface area (Å²) in [7, 11) is 0. The van der Waals surface area contributed by atoms with Crippen molar-refractivity contribution in [2.75, 3.05) is 12.3 Å². The van der Waals surface area contributed by atoms with Crippen molar-refractivity contribution in [3.8, 4) is 0 Å². The molecule has 0 atom stereocenters. The number of rotatable bonds is 5. The highest BCUT2D eigenvalue weighted by molar-refractivity contribution is 5.76. The number of carbonyl (C=O) groups is 1. The Balaban J connectivity index is 2.07. The molecule has 2 rings (SSSR count). The fourth-order valence-electron chi connectivity index (χ4n) is 3.06. The van der Waals surface area contributed by atoms with Crippen LogP contribution in [0, 0.1) is 0 Å². The molecule has 0 aliphatic heterocycles. The number of carbonyl (C=O) groups excluding carboxylic acids is 1. The number of hydrogen-bond acceptors (Lipinski definition) is 3. The van der Waals surface area contributed by atoms with E-state index in [-0.39, 0.29) is 5.91 Å². The fraction of sp³-hybridized carbons (Fsp3) is 0.562. The van der Waals surface area contributed by atoms with Crippen molar-refractivity contribution >= 4 is 11.6 Å². The molecule has 1 aromatic carbocycles. The summed E-state index contributed by atoms with van der Waals surface area (Å²) in [6, 6.07) is 8.34. The van der Waals surface area contributed by atoms with Crippen LogP contribution in [0.1, 0.15) is 44.1 Å². The highest BCUT2D eigenvalue weighted by Crippen LogP contribution is 2.23. The Bertz CT molecular complexity index is 439. The van der Waals surface area contributed by atoms with Gasteiger partial charge in [-0.25, -0.2) is 0 Å². The molecule has 1 aromatic rings. The summed E-state index contributed by atoms with van der Waals surface area (Å²) in [5.41, 5.74) is 13.2. The van der Waals surface area contributed by atoms with Crippen molar-refractivity contribution in [1.82, 2.24) is 4.90 Å². The third kappa shape index (κ3) is 4.53. The van der Waals surface area contributed by atoms with Crippen LogP contribution < -0.4 is 11.5 Å². The third-order valence-electron chi connectivity index (χ3n) is 4.04. The Labute approximate surface area is 121 Å². The maximum Gasteiger partial charge on any atom is 0.231 e. The summed E-state index contributed by atoms with van der Waals surface area (Å²) in [6.07, 6.45) is 7.43. The van der Waals surface area contributed by atoms with E-state index in [1.165, 1.54) is 25.7 Å². The maximum absolute atomic E-state index is 11.4. The van der Waals surface area contributed by atoms with Gasteiger partial charge in [0.2, 0.25) is 5.91 Å². The second-order valence-corrected chi connectivity index (χ2v) is 5.76. The van der Waals surface area contributed by atoms with Gasteiger partial charge in [0.05, 0.1) is 6.54 Å². The predicted octanol–water partition coefficient (Wildman–Crippen LogP) is 2.28. The van der Waals surface area contributed by atoms with Crippen LogP contribution in [-0.4, -0.2) is 23.4 Å². The van der Waals surface area contributed by atoms with Gasteiger partial charge < -0.3 is 11.5 Å². The summed E-state index contributed by atoms with van der Waals surface area (Å²) in [4.78, 5) is 13.6. The quantitative estimate of drug-likeness (QED) is 0.639. The zero-order valence-corrected chi connectivity index (χ0v) is 12.1. The molecule has 1 amide bonds. The standard InChI is InChI=1S/C16H25N3O/c17-14-7-5-6-13(10-14)11-19(12-16(18)20)15-8-3-1-2-4-9-15/h5-7,10,15H,1-4,8-9,11-12,17H2,(H2,18,20). The number of amides is 1. The second kappa shape index (κ2) is 7.29. The Morgan fingerprint density at radius 1 is 1.20 bits per heavy atom. The van der Waals surface area contributed by atoms with E-state index in [0.717, 1.165) is 30.6 Å². The Morgan fingerprint density at radius 3 is 2.50 bits per heavy atom. The number of hydrogen-bond donors (Lipinski definition) is 2. The molecule has 0 unspecified atom stereocenters. The van der Waals surface area contributed by atoms with Crippen molar-refractivity contribution < 1.29 is 4.79 Å². The number of nitrogens with two attached hydrogens (primary N) is 2. The van der Waals surface area contributed by atoms with Crippen molar-refractivity contribution in [1.29, 1.82) is 0 Å². The first-order valence-electron chi connectivity index (χ1n) is 7.52. The zero-order chi connectivity index (χ0) is 14.4. The number of anilines is 1. The lowest BCUT2D eigenvalue weighted by Crippen LogP contribution is -2.40. The lowest BCUT2D eigenvalue weighted by Gasteiger charge is -2.30. The Hall–Kier alpha value is -1.55. The third-order valence-corrected chi connectivity index (χ3v) is 4.04. The molecule has 4 N–H and O–H groups in total. The van der Waals surface area contributed by atoms with E-state index < -0.39 is 0 Å². The van der Waals surface area contributed by atoms with Crippen molar-refractivity contribution in [2.24, 2.45) is 5.73 Å². The summed E-state index contributed by atoms with van der Waals surface area (Å²) in [5, 5.41) is 0. The molecule has 1 aliphatic rings. The molecule has 0 saturated heterocycles. The van der Waals surface area contributed by atoms with Crippen LogP contribution >= 0.6 is 0 Å². The van der Waals surface area contributed by atoms with Crippen LogP contribution in [0.3, 0.4) is 0 Å². The molecule has 0 radical (unpaired) electrons. The highest BCUT2D eigenvalue weighted by Gasteiger charge is 2.21. The van der Waals surface area contributed by atoms with Crippen molar-refractivity contribution in [3.05, 3.63) is 29.8 Å². The SMILES string of the molecule is NC(=O)CN(Cc1cccc(N)c1)C1CCCCCC1. The molecule has 4 nitrogen and oxygen atoms in total. The molecular formula is C16H25N3O. The van der Waals surface area contributed by atoms with E-state index >= 15 is 0 Å². The van der Waals surface area contributed by atoms with Gasteiger partial charge >= 0.3 is 0 Å². The Kier molecular flexibility index (Phi) is 5.41. The molecule has 4 heteroatoms. The molecule has 20 heavy (non-hydrogen) atoms. The summed E-state index contributed by atoms with van der Waals surface area (Å²) >= 11 is 0. The van der Waals surface area contributed by atoms with Crippen molar-refractivity contribution in [2.45, 2.75) is 51.1 Å². The van der Waals surface area contributed by atoms with Crippen LogP contribution in [0.5, 0.6) is 0 Å². The predicted molar refractivity (Wildman–Crippen MR) is 81.9 cm³/mol. The molecule has 1 saturated carbocycles. The van der Waals surface area contributed by atoms with E-state index in [1.807, 2.05) is 18.2 Å². The van der Waals surface area contributed by atoms with Crippen molar-refractivity contribution in [3.63, 3.8) is 0 Å². The zero-order valence-electron chi connectivity index (χ0n) is 12.1. The summed E-state index contributed by atoms with van der Waals surface area (Å²) in [5.74, 6) is -0.252. The van der Waals surface area contributed by atoms with E-state index in [1.54, 1.807) is 0 Å². The minimum atomic E-state index is -0.252. The number of nitrogen functional groups attached to an aromatic ring is 1. The van der Waals surface area contributed by atoms with Gasteiger partial charge in [-0.1, -0.05) is 37.8 Å². The molecular weight excluding hydrogens is 250 g/mol. The van der Waals surface area contributed by atoms with Gasteiger partial charge in [-0.2, -0.15) is 0 Å². The number of nitrogens with zero attached hydrogens (tertiary/aromatic N) is 1. The second-order valence-electron chi connectivity index (χ2n) is 5.76. The molecule has 0 heterocycles. The lowest BCUT2D eigenvalue weighted by molar-refractivity contribution is -0.119. The maximum atomic E-state index is 11.4. The Morgan fingerprint density at radius 2 is 1.90 bits per heavy atom. The molecule has 110 valence electrons. The first-order chi connectivity index (χ1) is 9.65. The van der Waals surface area contributed by atoms with E-state index in [4.69, 9.17) is 11.5 Å². The van der Waals surface area contributed by atoms with Gasteiger partial charge in [0.15, 0.2) is 0 Å².